The smallest absolute Gasteiger partial charge is 0.139 e. The molecule has 0 spiro atoms. The van der Waals surface area contributed by atoms with E-state index in [4.69, 9.17) is 5.10 Å². The number of carbonyl (C=O) groups is 1. The molecule has 4 heteroatoms. The van der Waals surface area contributed by atoms with E-state index in [0.717, 1.165) is 17.7 Å². The second-order valence-corrected chi connectivity index (χ2v) is 8.90. The summed E-state index contributed by atoms with van der Waals surface area (Å²) in [7, 11) is 0. The number of nitrogens with zero attached hydrogens (tertiary/aromatic N) is 2. The molecule has 0 radical (unpaired) electrons. The summed E-state index contributed by atoms with van der Waals surface area (Å²) in [6.07, 6.45) is 4.67. The number of hydrogen-bond donors (Lipinski definition) is 1. The predicted molar refractivity (Wildman–Crippen MR) is 119 cm³/mol. The summed E-state index contributed by atoms with van der Waals surface area (Å²) in [5, 5.41) is 9.94. The van der Waals surface area contributed by atoms with Crippen molar-refractivity contribution in [3.05, 3.63) is 47.7 Å². The summed E-state index contributed by atoms with van der Waals surface area (Å²) in [5.74, 6) is 0.920. The maximum absolute atomic E-state index is 12.2. The van der Waals surface area contributed by atoms with Crippen molar-refractivity contribution in [2.45, 2.75) is 70.9 Å². The fraction of sp³-hybridized carbons (Fsp3) is 0.440. The van der Waals surface area contributed by atoms with Crippen molar-refractivity contribution >= 4 is 22.4 Å². The van der Waals surface area contributed by atoms with E-state index in [0.29, 0.717) is 30.6 Å². The molecule has 0 saturated heterocycles. The second-order valence-electron chi connectivity index (χ2n) is 8.90. The van der Waals surface area contributed by atoms with Crippen molar-refractivity contribution < 1.29 is 4.79 Å². The summed E-state index contributed by atoms with van der Waals surface area (Å²) >= 11 is 0. The van der Waals surface area contributed by atoms with Gasteiger partial charge in [0.1, 0.15) is 5.78 Å². The molecule has 1 saturated carbocycles. The number of rotatable bonds is 4. The molecule has 2 aromatic carbocycles. The van der Waals surface area contributed by atoms with Crippen molar-refractivity contribution in [1.29, 1.82) is 0 Å². The van der Waals surface area contributed by atoms with Crippen molar-refractivity contribution in [3.63, 3.8) is 0 Å². The van der Waals surface area contributed by atoms with Crippen LogP contribution in [-0.4, -0.2) is 21.6 Å². The number of Topliss-reactive ketones (excluding diaryl/α,β-unsaturated/α-hetero) is 1. The molecular formula is C25H29N3O. The Morgan fingerprint density at radius 3 is 2.83 bits per heavy atom. The fourth-order valence-electron chi connectivity index (χ4n) is 4.58. The average Bonchev–Trinajstić information content (AvgIpc) is 3.50. The first-order valence-corrected chi connectivity index (χ1v) is 11.0. The zero-order valence-corrected chi connectivity index (χ0v) is 17.5. The summed E-state index contributed by atoms with van der Waals surface area (Å²) in [6, 6.07) is 13.7. The molecule has 1 aromatic heterocycles. The van der Waals surface area contributed by atoms with Gasteiger partial charge in [-0.1, -0.05) is 31.2 Å². The minimum absolute atomic E-state index is 0.156. The number of hydrogen-bond acceptors (Lipinski definition) is 3. The van der Waals surface area contributed by atoms with Crippen LogP contribution in [0.1, 0.15) is 69.7 Å². The average molecular weight is 388 g/mol. The molecular weight excluding hydrogens is 358 g/mol. The van der Waals surface area contributed by atoms with Crippen LogP contribution < -0.4 is 5.32 Å². The van der Waals surface area contributed by atoms with E-state index in [2.05, 4.69) is 67.2 Å². The SMILES string of the molecule is CC[C@@H](C)n1nc(C2CC2)c2cc(-c3cccc4c3N[C@H](C)CC(=O)C4)ccc21. The highest BCUT2D eigenvalue weighted by atomic mass is 16.1. The molecule has 4 nitrogen and oxygen atoms in total. The molecule has 5 rings (SSSR count). The van der Waals surface area contributed by atoms with Crippen molar-refractivity contribution in [2.24, 2.45) is 0 Å². The van der Waals surface area contributed by atoms with Gasteiger partial charge >= 0.3 is 0 Å². The molecule has 0 amide bonds. The Balaban J connectivity index is 1.66. The van der Waals surface area contributed by atoms with E-state index >= 15 is 0 Å². The molecule has 0 unspecified atom stereocenters. The summed E-state index contributed by atoms with van der Waals surface area (Å²) in [5.41, 5.74) is 7.12. The van der Waals surface area contributed by atoms with Crippen molar-refractivity contribution in [3.8, 4) is 11.1 Å². The van der Waals surface area contributed by atoms with Gasteiger partial charge in [0.2, 0.25) is 0 Å². The molecule has 150 valence electrons. The van der Waals surface area contributed by atoms with E-state index in [1.807, 2.05) is 0 Å². The van der Waals surface area contributed by atoms with Crippen LogP contribution in [0.25, 0.3) is 22.0 Å². The number of anilines is 1. The molecule has 1 N–H and O–H groups in total. The van der Waals surface area contributed by atoms with Gasteiger partial charge in [-0.15, -0.1) is 0 Å². The lowest BCUT2D eigenvalue weighted by Gasteiger charge is -2.17. The molecule has 2 aliphatic rings. The van der Waals surface area contributed by atoms with Gasteiger partial charge in [-0.2, -0.15) is 5.10 Å². The summed E-state index contributed by atoms with van der Waals surface area (Å²) < 4.78 is 2.22. The second kappa shape index (κ2) is 7.01. The molecule has 2 heterocycles. The first-order chi connectivity index (χ1) is 14.0. The largest absolute Gasteiger partial charge is 0.381 e. The molecule has 0 bridgehead atoms. The van der Waals surface area contributed by atoms with Gasteiger partial charge < -0.3 is 5.32 Å². The molecule has 3 aromatic rings. The van der Waals surface area contributed by atoms with Crippen LogP contribution in [0.2, 0.25) is 0 Å². The fourth-order valence-corrected chi connectivity index (χ4v) is 4.58. The van der Waals surface area contributed by atoms with Crippen molar-refractivity contribution in [2.75, 3.05) is 5.32 Å². The van der Waals surface area contributed by atoms with Crippen LogP contribution >= 0.6 is 0 Å². The van der Waals surface area contributed by atoms with E-state index in [1.165, 1.54) is 40.6 Å². The van der Waals surface area contributed by atoms with E-state index in [1.54, 1.807) is 0 Å². The number of carbonyl (C=O) groups excluding carboxylic acids is 1. The maximum atomic E-state index is 12.2. The molecule has 1 fully saturated rings. The lowest BCUT2D eigenvalue weighted by molar-refractivity contribution is -0.118. The predicted octanol–water partition coefficient (Wildman–Crippen LogP) is 5.87. The Bertz CT molecular complexity index is 1090. The van der Waals surface area contributed by atoms with Crippen LogP contribution in [0.4, 0.5) is 5.69 Å². The zero-order chi connectivity index (χ0) is 20.1. The Kier molecular flexibility index (Phi) is 4.45. The van der Waals surface area contributed by atoms with Gasteiger partial charge in [0.15, 0.2) is 0 Å². The van der Waals surface area contributed by atoms with Crippen LogP contribution in [0.15, 0.2) is 36.4 Å². The first-order valence-electron chi connectivity index (χ1n) is 11.0. The minimum atomic E-state index is 0.156. The molecule has 1 aliphatic carbocycles. The number of fused-ring (bicyclic) bond motifs is 2. The molecule has 1 aliphatic heterocycles. The highest BCUT2D eigenvalue weighted by Gasteiger charge is 2.30. The third-order valence-electron chi connectivity index (χ3n) is 6.48. The van der Waals surface area contributed by atoms with Crippen LogP contribution in [-0.2, 0) is 11.2 Å². The van der Waals surface area contributed by atoms with Gasteiger partial charge in [0.25, 0.3) is 0 Å². The van der Waals surface area contributed by atoms with Gasteiger partial charge in [-0.25, -0.2) is 0 Å². The Morgan fingerprint density at radius 2 is 2.07 bits per heavy atom. The lowest BCUT2D eigenvalue weighted by Crippen LogP contribution is -2.17. The van der Waals surface area contributed by atoms with E-state index in [9.17, 15) is 4.79 Å². The Labute approximate surface area is 172 Å². The molecule has 2 atom stereocenters. The van der Waals surface area contributed by atoms with Crippen LogP contribution in [0.5, 0.6) is 0 Å². The summed E-state index contributed by atoms with van der Waals surface area (Å²) in [6.45, 7) is 6.56. The highest BCUT2D eigenvalue weighted by Crippen LogP contribution is 2.44. The highest BCUT2D eigenvalue weighted by molar-refractivity contribution is 5.93. The number of benzene rings is 2. The maximum Gasteiger partial charge on any atom is 0.139 e. The summed E-state index contributed by atoms with van der Waals surface area (Å²) in [4.78, 5) is 12.2. The monoisotopic (exact) mass is 387 g/mol. The first kappa shape index (κ1) is 18.4. The van der Waals surface area contributed by atoms with Gasteiger partial charge in [0.05, 0.1) is 11.2 Å². The number of para-hydroxylation sites is 1. The van der Waals surface area contributed by atoms with Gasteiger partial charge in [-0.05, 0) is 56.4 Å². The van der Waals surface area contributed by atoms with Gasteiger partial charge in [-0.3, -0.25) is 9.48 Å². The van der Waals surface area contributed by atoms with E-state index in [-0.39, 0.29) is 6.04 Å². The minimum Gasteiger partial charge on any atom is -0.381 e. The molecule has 29 heavy (non-hydrogen) atoms. The zero-order valence-electron chi connectivity index (χ0n) is 17.5. The lowest BCUT2D eigenvalue weighted by atomic mass is 9.96. The van der Waals surface area contributed by atoms with Crippen LogP contribution in [0, 0.1) is 0 Å². The van der Waals surface area contributed by atoms with E-state index < -0.39 is 0 Å². The normalized spacial score (nSPS) is 20.2. The quantitative estimate of drug-likeness (QED) is 0.609. The standard InChI is InChI=1S/C25H29N3O/c1-4-16(3)28-23-11-10-18(14-22(23)25(27-28)17-8-9-17)21-7-5-6-19-13-20(29)12-15(2)26-24(19)21/h5-7,10-11,14-17,26H,4,8-9,12-13H2,1-3H3/t15-,16-/m1/s1. The van der Waals surface area contributed by atoms with Crippen molar-refractivity contribution in [1.82, 2.24) is 9.78 Å². The third-order valence-corrected chi connectivity index (χ3v) is 6.48. The number of ketones is 1. The van der Waals surface area contributed by atoms with Crippen LogP contribution in [0.3, 0.4) is 0 Å². The third kappa shape index (κ3) is 3.25. The van der Waals surface area contributed by atoms with Gasteiger partial charge in [0, 0.05) is 47.5 Å². The number of nitrogens with one attached hydrogen (secondary N) is 1. The Hall–Kier alpha value is -2.62. The topological polar surface area (TPSA) is 46.9 Å². The Morgan fingerprint density at radius 1 is 1.24 bits per heavy atom. The number of aromatic nitrogens is 2.